The maximum Gasteiger partial charge on any atom is 0.326 e. The maximum absolute atomic E-state index is 12.2. The van der Waals surface area contributed by atoms with E-state index in [2.05, 4.69) is 28.4 Å². The molecule has 2 aromatic carbocycles. The molecule has 40 heavy (non-hydrogen) atoms. The zero-order chi connectivity index (χ0) is 28.2. The van der Waals surface area contributed by atoms with Gasteiger partial charge in [-0.15, -0.1) is 0 Å². The Morgan fingerprint density at radius 2 is 1.77 bits per heavy atom. The lowest BCUT2D eigenvalue weighted by atomic mass is 9.96. The van der Waals surface area contributed by atoms with Crippen molar-refractivity contribution in [1.82, 2.24) is 19.4 Å². The van der Waals surface area contributed by atoms with Crippen molar-refractivity contribution >= 4 is 28.7 Å². The van der Waals surface area contributed by atoms with Gasteiger partial charge in [0.05, 0.1) is 5.39 Å². The first-order chi connectivity index (χ1) is 19.4. The molecule has 202 valence electrons. The summed E-state index contributed by atoms with van der Waals surface area (Å²) in [5, 5.41) is 10.5. The summed E-state index contributed by atoms with van der Waals surface area (Å²) < 4.78 is 7.57. The summed E-state index contributed by atoms with van der Waals surface area (Å²) in [6.07, 6.45) is 4.08. The first-order valence-electron chi connectivity index (χ1n) is 13.0. The van der Waals surface area contributed by atoms with Crippen LogP contribution >= 0.6 is 0 Å². The minimum atomic E-state index is -1.02. The van der Waals surface area contributed by atoms with E-state index < -0.39 is 12.0 Å². The second kappa shape index (κ2) is 11.3. The summed E-state index contributed by atoms with van der Waals surface area (Å²) in [5.74, 6) is 7.16. The Morgan fingerprint density at radius 3 is 2.42 bits per heavy atom. The molecule has 2 aromatic heterocycles. The van der Waals surface area contributed by atoms with Crippen LogP contribution in [0.2, 0.25) is 0 Å². The van der Waals surface area contributed by atoms with Gasteiger partial charge in [-0.2, -0.15) is 0 Å². The first kappa shape index (κ1) is 26.5. The number of para-hydroxylation sites is 1. The number of amides is 1. The number of carboxylic acid groups (broad SMARTS) is 1. The van der Waals surface area contributed by atoms with Gasteiger partial charge in [-0.1, -0.05) is 42.8 Å². The van der Waals surface area contributed by atoms with E-state index in [1.165, 1.54) is 12.4 Å². The smallest absolute Gasteiger partial charge is 0.326 e. The van der Waals surface area contributed by atoms with Crippen molar-refractivity contribution in [1.29, 1.82) is 0 Å². The van der Waals surface area contributed by atoms with Crippen molar-refractivity contribution in [3.63, 3.8) is 0 Å². The molecule has 1 unspecified atom stereocenters. The number of nitrogen functional groups attached to an aromatic ring is 1. The molecular formula is C31H29N5O4. The van der Waals surface area contributed by atoms with Gasteiger partial charge in [0.1, 0.15) is 41.0 Å². The number of nitrogens with two attached hydrogens (primary N) is 1. The van der Waals surface area contributed by atoms with Crippen molar-refractivity contribution in [3.05, 3.63) is 79.3 Å². The van der Waals surface area contributed by atoms with Gasteiger partial charge in [-0.05, 0) is 61.6 Å². The maximum atomic E-state index is 12.2. The number of ether oxygens (including phenoxy) is 1. The number of carboxylic acids is 1. The van der Waals surface area contributed by atoms with Crippen LogP contribution in [-0.4, -0.2) is 49.5 Å². The number of nitrogens with zero attached hydrogens (tertiary/aromatic N) is 4. The number of carbonyl (C=O) groups is 2. The first-order valence-corrected chi connectivity index (χ1v) is 13.0. The Hall–Kier alpha value is -5.10. The fourth-order valence-corrected chi connectivity index (χ4v) is 4.91. The van der Waals surface area contributed by atoms with Crippen LogP contribution in [0, 0.1) is 17.8 Å². The Morgan fingerprint density at radius 1 is 1.10 bits per heavy atom. The second-order valence-corrected chi connectivity index (χ2v) is 9.58. The van der Waals surface area contributed by atoms with Gasteiger partial charge < -0.3 is 25.0 Å². The summed E-state index contributed by atoms with van der Waals surface area (Å²) >= 11 is 0. The van der Waals surface area contributed by atoms with Gasteiger partial charge in [-0.3, -0.25) is 4.79 Å². The minimum absolute atomic E-state index is 0.0402. The standard InChI is InChI=1S/C31H29N5O4/c1-3-26(37)35-17-15-21(16-18-35)9-14-25-27(22-10-12-24(13-11-22)40-23-7-5-4-6-8-23)28-29(32)33-19-34-30(28)36(25)20(2)31(38)39/h3-8,10-13,19-21H,1,15-18H2,2H3,(H,38,39)(H2,32,33,34). The highest BCUT2D eigenvalue weighted by molar-refractivity contribution is 6.04. The highest BCUT2D eigenvalue weighted by atomic mass is 16.5. The monoisotopic (exact) mass is 535 g/mol. The Labute approximate surface area is 231 Å². The molecule has 0 bridgehead atoms. The molecule has 0 spiro atoms. The van der Waals surface area contributed by atoms with E-state index >= 15 is 0 Å². The van der Waals surface area contributed by atoms with E-state index in [0.29, 0.717) is 59.7 Å². The van der Waals surface area contributed by atoms with Crippen molar-refractivity contribution in [2.75, 3.05) is 18.8 Å². The number of aliphatic carboxylic acids is 1. The average molecular weight is 536 g/mol. The number of hydrogen-bond acceptors (Lipinski definition) is 6. The van der Waals surface area contributed by atoms with Gasteiger partial charge in [0.15, 0.2) is 0 Å². The van der Waals surface area contributed by atoms with Crippen LogP contribution in [0.1, 0.15) is 31.5 Å². The molecule has 9 nitrogen and oxygen atoms in total. The fourth-order valence-electron chi connectivity index (χ4n) is 4.91. The van der Waals surface area contributed by atoms with Crippen molar-refractivity contribution in [3.8, 4) is 34.5 Å². The van der Waals surface area contributed by atoms with Crippen molar-refractivity contribution < 1.29 is 19.4 Å². The number of likely N-dealkylation sites (tertiary alicyclic amines) is 1. The van der Waals surface area contributed by atoms with E-state index in [9.17, 15) is 14.7 Å². The predicted octanol–water partition coefficient (Wildman–Crippen LogP) is 4.89. The number of aromatic nitrogens is 3. The van der Waals surface area contributed by atoms with E-state index in [1.54, 1.807) is 16.4 Å². The van der Waals surface area contributed by atoms with Gasteiger partial charge >= 0.3 is 5.97 Å². The van der Waals surface area contributed by atoms with Crippen LogP contribution in [0.5, 0.6) is 11.5 Å². The topological polar surface area (TPSA) is 124 Å². The van der Waals surface area contributed by atoms with E-state index in [4.69, 9.17) is 10.5 Å². The summed E-state index contributed by atoms with van der Waals surface area (Å²) in [7, 11) is 0. The van der Waals surface area contributed by atoms with Gasteiger partial charge in [-0.25, -0.2) is 14.8 Å². The molecule has 4 aromatic rings. The molecule has 1 aliphatic rings. The third kappa shape index (κ3) is 5.24. The zero-order valence-corrected chi connectivity index (χ0v) is 22.1. The van der Waals surface area contributed by atoms with Crippen molar-refractivity contribution in [2.45, 2.75) is 25.8 Å². The molecule has 5 rings (SSSR count). The molecule has 0 radical (unpaired) electrons. The van der Waals surface area contributed by atoms with Crippen LogP contribution < -0.4 is 10.5 Å². The van der Waals surface area contributed by atoms with Crippen LogP contribution in [0.4, 0.5) is 5.82 Å². The van der Waals surface area contributed by atoms with Gasteiger partial charge in [0.2, 0.25) is 5.91 Å². The normalized spacial score (nSPS) is 14.3. The minimum Gasteiger partial charge on any atom is -0.480 e. The number of anilines is 1. The largest absolute Gasteiger partial charge is 0.480 e. The van der Waals surface area contributed by atoms with E-state index in [1.807, 2.05) is 54.6 Å². The second-order valence-electron chi connectivity index (χ2n) is 9.58. The molecule has 0 aliphatic carbocycles. The molecule has 3 heterocycles. The number of fused-ring (bicyclic) bond motifs is 1. The molecule has 1 amide bonds. The van der Waals surface area contributed by atoms with Crippen LogP contribution in [0.15, 0.2) is 73.6 Å². The average Bonchev–Trinajstić information content (AvgIpc) is 3.31. The third-order valence-electron chi connectivity index (χ3n) is 7.06. The van der Waals surface area contributed by atoms with Crippen LogP contribution in [0.3, 0.4) is 0 Å². The van der Waals surface area contributed by atoms with Gasteiger partial charge in [0, 0.05) is 24.6 Å². The van der Waals surface area contributed by atoms with E-state index in [0.717, 1.165) is 5.56 Å². The number of piperidine rings is 1. The molecule has 1 aliphatic heterocycles. The molecular weight excluding hydrogens is 506 g/mol. The molecule has 3 N–H and O–H groups in total. The predicted molar refractivity (Wildman–Crippen MR) is 153 cm³/mol. The van der Waals surface area contributed by atoms with E-state index in [-0.39, 0.29) is 17.6 Å². The lowest BCUT2D eigenvalue weighted by molar-refractivity contribution is -0.140. The van der Waals surface area contributed by atoms with Crippen LogP contribution in [-0.2, 0) is 9.59 Å². The molecule has 1 saturated heterocycles. The lowest BCUT2D eigenvalue weighted by Crippen LogP contribution is -2.37. The summed E-state index contributed by atoms with van der Waals surface area (Å²) in [6.45, 7) is 6.33. The fraction of sp³-hybridized carbons (Fsp3) is 0.226. The Balaban J connectivity index is 1.59. The molecule has 9 heteroatoms. The number of carbonyl (C=O) groups excluding carboxylic acids is 1. The molecule has 1 atom stereocenters. The Bertz CT molecular complexity index is 1630. The quantitative estimate of drug-likeness (QED) is 0.266. The highest BCUT2D eigenvalue weighted by Gasteiger charge is 2.27. The lowest BCUT2D eigenvalue weighted by Gasteiger charge is -2.28. The molecule has 1 fully saturated rings. The SMILES string of the molecule is C=CC(=O)N1CCC(C#Cc2c(-c3ccc(Oc4ccccc4)cc3)c3c(N)ncnc3n2C(C)C(=O)O)CC1. The highest BCUT2D eigenvalue weighted by Crippen LogP contribution is 2.39. The summed E-state index contributed by atoms with van der Waals surface area (Å²) in [6, 6.07) is 16.0. The van der Waals surface area contributed by atoms with Gasteiger partial charge in [0.25, 0.3) is 0 Å². The van der Waals surface area contributed by atoms with Crippen molar-refractivity contribution in [2.24, 2.45) is 5.92 Å². The zero-order valence-electron chi connectivity index (χ0n) is 22.1. The molecule has 0 saturated carbocycles. The third-order valence-corrected chi connectivity index (χ3v) is 7.06. The summed E-state index contributed by atoms with van der Waals surface area (Å²) in [5.41, 5.74) is 8.69. The number of rotatable bonds is 6. The summed E-state index contributed by atoms with van der Waals surface area (Å²) in [4.78, 5) is 34.5. The number of hydrogen-bond donors (Lipinski definition) is 2. The Kier molecular flexibility index (Phi) is 7.51. The number of benzene rings is 2. The van der Waals surface area contributed by atoms with Crippen LogP contribution in [0.25, 0.3) is 22.2 Å².